The van der Waals surface area contributed by atoms with E-state index in [1.807, 2.05) is 0 Å². The minimum Gasteiger partial charge on any atom is -0.369 e. The SMILES string of the molecule is NC(=O)[C@H](CNC(=O)c1ccccn1)Cc1ccc(F)cc1. The summed E-state index contributed by atoms with van der Waals surface area (Å²) in [7, 11) is 0. The van der Waals surface area contributed by atoms with Crippen molar-refractivity contribution >= 4 is 11.8 Å². The second-order valence-corrected chi connectivity index (χ2v) is 4.85. The third kappa shape index (κ3) is 4.37. The fourth-order valence-electron chi connectivity index (χ4n) is 1.98. The zero-order chi connectivity index (χ0) is 15.9. The van der Waals surface area contributed by atoms with Gasteiger partial charge in [0.1, 0.15) is 11.5 Å². The second-order valence-electron chi connectivity index (χ2n) is 4.85. The van der Waals surface area contributed by atoms with Crippen LogP contribution in [0.3, 0.4) is 0 Å². The van der Waals surface area contributed by atoms with Crippen molar-refractivity contribution in [2.45, 2.75) is 6.42 Å². The summed E-state index contributed by atoms with van der Waals surface area (Å²) in [6.07, 6.45) is 1.84. The average molecular weight is 301 g/mol. The number of benzene rings is 1. The number of aromatic nitrogens is 1. The predicted molar refractivity (Wildman–Crippen MR) is 79.4 cm³/mol. The van der Waals surface area contributed by atoms with Gasteiger partial charge in [-0.2, -0.15) is 0 Å². The molecule has 2 amide bonds. The maximum absolute atomic E-state index is 12.9. The first-order chi connectivity index (χ1) is 10.6. The number of nitrogens with zero attached hydrogens (tertiary/aromatic N) is 1. The van der Waals surface area contributed by atoms with Gasteiger partial charge in [-0.3, -0.25) is 14.6 Å². The number of amides is 2. The van der Waals surface area contributed by atoms with Crippen molar-refractivity contribution in [3.63, 3.8) is 0 Å². The maximum Gasteiger partial charge on any atom is 0.269 e. The maximum atomic E-state index is 12.9. The molecular weight excluding hydrogens is 285 g/mol. The lowest BCUT2D eigenvalue weighted by Gasteiger charge is -2.14. The highest BCUT2D eigenvalue weighted by Gasteiger charge is 2.18. The molecule has 2 aromatic rings. The van der Waals surface area contributed by atoms with Gasteiger partial charge in [0, 0.05) is 12.7 Å². The van der Waals surface area contributed by atoms with Gasteiger partial charge in [0.15, 0.2) is 0 Å². The van der Waals surface area contributed by atoms with Crippen LogP contribution in [0.25, 0.3) is 0 Å². The molecule has 0 aliphatic rings. The number of rotatable bonds is 6. The Kier molecular flexibility index (Phi) is 5.19. The summed E-state index contributed by atoms with van der Waals surface area (Å²) in [4.78, 5) is 27.3. The van der Waals surface area contributed by atoms with Crippen LogP contribution >= 0.6 is 0 Å². The Balaban J connectivity index is 1.96. The Morgan fingerprint density at radius 2 is 1.91 bits per heavy atom. The van der Waals surface area contributed by atoms with Crippen LogP contribution in [0.2, 0.25) is 0 Å². The molecule has 0 aliphatic heterocycles. The minimum atomic E-state index is -0.571. The van der Waals surface area contributed by atoms with Gasteiger partial charge in [0.05, 0.1) is 5.92 Å². The van der Waals surface area contributed by atoms with E-state index in [0.717, 1.165) is 5.56 Å². The van der Waals surface area contributed by atoms with E-state index < -0.39 is 11.8 Å². The van der Waals surface area contributed by atoms with Crippen molar-refractivity contribution in [1.29, 1.82) is 0 Å². The summed E-state index contributed by atoms with van der Waals surface area (Å²) in [5, 5.41) is 2.64. The van der Waals surface area contributed by atoms with Crippen LogP contribution in [0.15, 0.2) is 48.7 Å². The van der Waals surface area contributed by atoms with Crippen LogP contribution in [0.4, 0.5) is 4.39 Å². The molecule has 6 heteroatoms. The van der Waals surface area contributed by atoms with Crippen LogP contribution in [0, 0.1) is 11.7 Å². The van der Waals surface area contributed by atoms with Crippen LogP contribution in [0.5, 0.6) is 0 Å². The van der Waals surface area contributed by atoms with Crippen molar-refractivity contribution in [3.8, 4) is 0 Å². The lowest BCUT2D eigenvalue weighted by atomic mass is 9.98. The van der Waals surface area contributed by atoms with E-state index in [-0.39, 0.29) is 24.0 Å². The number of carbonyl (C=O) groups excluding carboxylic acids is 2. The third-order valence-corrected chi connectivity index (χ3v) is 3.20. The fourth-order valence-corrected chi connectivity index (χ4v) is 1.98. The van der Waals surface area contributed by atoms with Gasteiger partial charge in [0.2, 0.25) is 5.91 Å². The number of primary amides is 1. The quantitative estimate of drug-likeness (QED) is 0.843. The Morgan fingerprint density at radius 3 is 2.50 bits per heavy atom. The number of nitrogens with one attached hydrogen (secondary N) is 1. The first-order valence-corrected chi connectivity index (χ1v) is 6.79. The largest absolute Gasteiger partial charge is 0.369 e. The normalized spacial score (nSPS) is 11.7. The van der Waals surface area contributed by atoms with E-state index in [9.17, 15) is 14.0 Å². The molecule has 0 spiro atoms. The van der Waals surface area contributed by atoms with Gasteiger partial charge >= 0.3 is 0 Å². The van der Waals surface area contributed by atoms with Crippen molar-refractivity contribution in [2.24, 2.45) is 11.7 Å². The molecule has 2 rings (SSSR count). The van der Waals surface area contributed by atoms with Crippen molar-refractivity contribution < 1.29 is 14.0 Å². The number of nitrogens with two attached hydrogens (primary N) is 1. The van der Waals surface area contributed by atoms with Crippen molar-refractivity contribution in [2.75, 3.05) is 6.54 Å². The van der Waals surface area contributed by atoms with Gasteiger partial charge in [0.25, 0.3) is 5.91 Å². The molecule has 0 radical (unpaired) electrons. The highest BCUT2D eigenvalue weighted by Crippen LogP contribution is 2.10. The number of hydrogen-bond acceptors (Lipinski definition) is 3. The minimum absolute atomic E-state index is 0.0993. The summed E-state index contributed by atoms with van der Waals surface area (Å²) in [5.74, 6) is -1.81. The van der Waals surface area contributed by atoms with Crippen LogP contribution in [-0.4, -0.2) is 23.3 Å². The molecule has 0 unspecified atom stereocenters. The van der Waals surface area contributed by atoms with Gasteiger partial charge in [-0.05, 0) is 36.2 Å². The van der Waals surface area contributed by atoms with Gasteiger partial charge < -0.3 is 11.1 Å². The topological polar surface area (TPSA) is 85.1 Å². The molecule has 114 valence electrons. The van der Waals surface area contributed by atoms with Gasteiger partial charge in [-0.25, -0.2) is 4.39 Å². The van der Waals surface area contributed by atoms with Gasteiger partial charge in [-0.1, -0.05) is 18.2 Å². The van der Waals surface area contributed by atoms with Crippen LogP contribution in [-0.2, 0) is 11.2 Å². The standard InChI is InChI=1S/C16H16FN3O2/c17-13-6-4-11(5-7-13)9-12(15(18)21)10-20-16(22)14-3-1-2-8-19-14/h1-8,12H,9-10H2,(H2,18,21)(H,20,22)/t12-/m0/s1. The molecule has 0 saturated heterocycles. The average Bonchev–Trinajstić information content (AvgIpc) is 2.53. The van der Waals surface area contributed by atoms with E-state index in [2.05, 4.69) is 10.3 Å². The van der Waals surface area contributed by atoms with Crippen LogP contribution in [0.1, 0.15) is 16.1 Å². The zero-order valence-electron chi connectivity index (χ0n) is 11.8. The summed E-state index contributed by atoms with van der Waals surface area (Å²) in [5.41, 5.74) is 6.41. The van der Waals surface area contributed by atoms with Crippen molar-refractivity contribution in [1.82, 2.24) is 10.3 Å². The van der Waals surface area contributed by atoms with Crippen molar-refractivity contribution in [3.05, 3.63) is 65.7 Å². The molecule has 1 heterocycles. The Hall–Kier alpha value is -2.76. The smallest absolute Gasteiger partial charge is 0.269 e. The zero-order valence-corrected chi connectivity index (χ0v) is 11.8. The first kappa shape index (κ1) is 15.6. The fraction of sp³-hybridized carbons (Fsp3) is 0.188. The van der Waals surface area contributed by atoms with Gasteiger partial charge in [-0.15, -0.1) is 0 Å². The van der Waals surface area contributed by atoms with Crippen LogP contribution < -0.4 is 11.1 Å². The Labute approximate surface area is 127 Å². The number of pyridine rings is 1. The molecule has 0 saturated carbocycles. The Morgan fingerprint density at radius 1 is 1.18 bits per heavy atom. The highest BCUT2D eigenvalue weighted by atomic mass is 19.1. The monoisotopic (exact) mass is 301 g/mol. The van der Waals surface area contributed by atoms with E-state index in [4.69, 9.17) is 5.73 Å². The molecular formula is C16H16FN3O2. The predicted octanol–water partition coefficient (Wildman–Crippen LogP) is 1.29. The van der Waals surface area contributed by atoms with E-state index in [1.165, 1.54) is 18.3 Å². The summed E-state index contributed by atoms with van der Waals surface area (Å²) in [6.45, 7) is 0.0993. The summed E-state index contributed by atoms with van der Waals surface area (Å²) < 4.78 is 12.9. The first-order valence-electron chi connectivity index (χ1n) is 6.79. The molecule has 5 nitrogen and oxygen atoms in total. The number of carbonyl (C=O) groups is 2. The third-order valence-electron chi connectivity index (χ3n) is 3.20. The molecule has 0 aliphatic carbocycles. The molecule has 1 aromatic heterocycles. The second kappa shape index (κ2) is 7.31. The molecule has 0 bridgehead atoms. The molecule has 1 atom stereocenters. The van der Waals surface area contributed by atoms with E-state index in [1.54, 1.807) is 30.3 Å². The lowest BCUT2D eigenvalue weighted by molar-refractivity contribution is -0.121. The Bertz CT molecular complexity index is 644. The lowest BCUT2D eigenvalue weighted by Crippen LogP contribution is -2.37. The number of hydrogen-bond donors (Lipinski definition) is 2. The van der Waals surface area contributed by atoms with E-state index >= 15 is 0 Å². The molecule has 3 N–H and O–H groups in total. The summed E-state index contributed by atoms with van der Waals surface area (Å²) >= 11 is 0. The highest BCUT2D eigenvalue weighted by molar-refractivity contribution is 5.92. The molecule has 1 aromatic carbocycles. The molecule has 0 fully saturated rings. The van der Waals surface area contributed by atoms with E-state index in [0.29, 0.717) is 6.42 Å². The molecule has 22 heavy (non-hydrogen) atoms. The summed E-state index contributed by atoms with van der Waals surface area (Å²) in [6, 6.07) is 10.8. The number of halogens is 1.